The zero-order chi connectivity index (χ0) is 13.6. The summed E-state index contributed by atoms with van der Waals surface area (Å²) >= 11 is 5.82. The fraction of sp³-hybridized carbons (Fsp3) is 0.364. The van der Waals surface area contributed by atoms with Crippen LogP contribution in [0.5, 0.6) is 0 Å². The Labute approximate surface area is 111 Å². The molecular formula is C11H13ClN2O3S. The van der Waals surface area contributed by atoms with E-state index in [2.05, 4.69) is 4.72 Å². The van der Waals surface area contributed by atoms with Gasteiger partial charge in [0.1, 0.15) is 4.90 Å². The molecule has 0 aliphatic heterocycles. The van der Waals surface area contributed by atoms with Gasteiger partial charge in [-0.05, 0) is 31.0 Å². The average Bonchev–Trinajstić information content (AvgIpc) is 2.34. The van der Waals surface area contributed by atoms with Crippen LogP contribution in [0.3, 0.4) is 0 Å². The van der Waals surface area contributed by atoms with Crippen molar-refractivity contribution in [2.45, 2.75) is 17.7 Å². The van der Waals surface area contributed by atoms with Gasteiger partial charge in [0.2, 0.25) is 10.0 Å². The molecule has 18 heavy (non-hydrogen) atoms. The molecule has 0 radical (unpaired) electrons. The van der Waals surface area contributed by atoms with Gasteiger partial charge < -0.3 is 5.11 Å². The Morgan fingerprint density at radius 3 is 2.67 bits per heavy atom. The molecule has 2 N–H and O–H groups in total. The van der Waals surface area contributed by atoms with Crippen molar-refractivity contribution in [1.82, 2.24) is 4.72 Å². The number of sulfonamides is 1. The van der Waals surface area contributed by atoms with Crippen LogP contribution in [-0.4, -0.2) is 26.7 Å². The number of hydrogen-bond acceptors (Lipinski definition) is 4. The van der Waals surface area contributed by atoms with E-state index in [1.807, 2.05) is 6.07 Å². The van der Waals surface area contributed by atoms with Crippen molar-refractivity contribution >= 4 is 21.6 Å². The molecule has 5 nitrogen and oxygen atoms in total. The van der Waals surface area contributed by atoms with Crippen LogP contribution in [0.4, 0.5) is 0 Å². The van der Waals surface area contributed by atoms with Crippen LogP contribution in [0, 0.1) is 11.3 Å². The van der Waals surface area contributed by atoms with E-state index in [0.29, 0.717) is 18.4 Å². The van der Waals surface area contributed by atoms with E-state index >= 15 is 0 Å². The Morgan fingerprint density at radius 2 is 2.11 bits per heavy atom. The Hall–Kier alpha value is -1.13. The molecule has 98 valence electrons. The van der Waals surface area contributed by atoms with Crippen LogP contribution in [0.1, 0.15) is 18.4 Å². The van der Waals surface area contributed by atoms with Crippen LogP contribution in [-0.2, 0) is 10.0 Å². The van der Waals surface area contributed by atoms with E-state index in [1.165, 1.54) is 18.2 Å². The lowest BCUT2D eigenvalue weighted by molar-refractivity contribution is 0.285. The van der Waals surface area contributed by atoms with Crippen LogP contribution in [0.25, 0.3) is 0 Å². The highest BCUT2D eigenvalue weighted by Crippen LogP contribution is 2.22. The summed E-state index contributed by atoms with van der Waals surface area (Å²) in [6.07, 6.45) is 1.08. The van der Waals surface area contributed by atoms with Gasteiger partial charge in [0, 0.05) is 13.2 Å². The molecule has 1 rings (SSSR count). The van der Waals surface area contributed by atoms with E-state index in [0.717, 1.165) is 0 Å². The second kappa shape index (κ2) is 6.71. The number of benzene rings is 1. The Morgan fingerprint density at radius 1 is 1.39 bits per heavy atom. The van der Waals surface area contributed by atoms with Crippen molar-refractivity contribution in [2.75, 3.05) is 13.2 Å². The molecule has 1 aromatic carbocycles. The summed E-state index contributed by atoms with van der Waals surface area (Å²) in [7, 11) is -3.67. The Bertz CT molecular complexity index is 552. The van der Waals surface area contributed by atoms with Gasteiger partial charge in [-0.15, -0.1) is 0 Å². The molecule has 0 saturated heterocycles. The number of nitrogens with one attached hydrogen (secondary N) is 1. The quantitative estimate of drug-likeness (QED) is 0.771. The monoisotopic (exact) mass is 288 g/mol. The fourth-order valence-electron chi connectivity index (χ4n) is 1.31. The predicted octanol–water partition coefficient (Wildman–Crippen LogP) is 1.26. The third kappa shape index (κ3) is 3.96. The van der Waals surface area contributed by atoms with Gasteiger partial charge >= 0.3 is 0 Å². The topological polar surface area (TPSA) is 90.2 Å². The number of unbranched alkanes of at least 4 members (excludes halogenated alkanes) is 1. The summed E-state index contributed by atoms with van der Waals surface area (Å²) in [6.45, 7) is 0.262. The molecule has 0 amide bonds. The molecule has 0 aliphatic rings. The zero-order valence-corrected chi connectivity index (χ0v) is 11.1. The standard InChI is InChI=1S/C11H13ClN2O3S/c12-10-7-9(8-13)3-4-11(10)18(16,17)14-5-1-2-6-15/h3-4,7,14-15H,1-2,5-6H2. The van der Waals surface area contributed by atoms with Crippen LogP contribution >= 0.6 is 11.6 Å². The molecule has 0 heterocycles. The molecule has 0 fully saturated rings. The molecular weight excluding hydrogens is 276 g/mol. The van der Waals surface area contributed by atoms with Crippen molar-refractivity contribution in [3.63, 3.8) is 0 Å². The minimum absolute atomic E-state index is 0.0173. The van der Waals surface area contributed by atoms with Gasteiger partial charge in [0.25, 0.3) is 0 Å². The van der Waals surface area contributed by atoms with Gasteiger partial charge in [-0.3, -0.25) is 0 Å². The van der Waals surface area contributed by atoms with Crippen LogP contribution in [0.2, 0.25) is 5.02 Å². The van der Waals surface area contributed by atoms with E-state index in [-0.39, 0.29) is 23.1 Å². The number of aliphatic hydroxyl groups is 1. The van der Waals surface area contributed by atoms with E-state index in [1.54, 1.807) is 0 Å². The maximum atomic E-state index is 11.9. The van der Waals surface area contributed by atoms with E-state index < -0.39 is 10.0 Å². The molecule has 7 heteroatoms. The molecule has 0 bridgehead atoms. The van der Waals surface area contributed by atoms with Gasteiger partial charge in [-0.1, -0.05) is 11.6 Å². The third-order valence-corrected chi connectivity index (χ3v) is 4.17. The average molecular weight is 289 g/mol. The van der Waals surface area contributed by atoms with Crippen molar-refractivity contribution < 1.29 is 13.5 Å². The highest BCUT2D eigenvalue weighted by molar-refractivity contribution is 7.89. The Kier molecular flexibility index (Phi) is 5.56. The van der Waals surface area contributed by atoms with Gasteiger partial charge in [-0.2, -0.15) is 5.26 Å². The first-order valence-corrected chi connectivity index (χ1v) is 7.17. The summed E-state index contributed by atoms with van der Waals surface area (Å²) in [6, 6.07) is 5.89. The molecule has 1 aromatic rings. The molecule has 0 aromatic heterocycles. The lowest BCUT2D eigenvalue weighted by atomic mass is 10.2. The molecule has 0 spiro atoms. The lowest BCUT2D eigenvalue weighted by Crippen LogP contribution is -2.25. The predicted molar refractivity (Wildman–Crippen MR) is 67.7 cm³/mol. The number of nitrogens with zero attached hydrogens (tertiary/aromatic N) is 1. The highest BCUT2D eigenvalue weighted by atomic mass is 35.5. The number of nitriles is 1. The lowest BCUT2D eigenvalue weighted by Gasteiger charge is -2.08. The first-order chi connectivity index (χ1) is 8.51. The summed E-state index contributed by atoms with van der Waals surface area (Å²) < 4.78 is 26.1. The molecule has 0 saturated carbocycles. The molecule has 0 aliphatic carbocycles. The first kappa shape index (κ1) is 14.9. The number of aliphatic hydroxyl groups excluding tert-OH is 1. The van der Waals surface area contributed by atoms with Crippen molar-refractivity contribution in [2.24, 2.45) is 0 Å². The molecule has 0 atom stereocenters. The Balaban J connectivity index is 2.82. The highest BCUT2D eigenvalue weighted by Gasteiger charge is 2.17. The largest absolute Gasteiger partial charge is 0.396 e. The van der Waals surface area contributed by atoms with E-state index in [4.69, 9.17) is 22.0 Å². The second-order valence-electron chi connectivity index (χ2n) is 3.59. The SMILES string of the molecule is N#Cc1ccc(S(=O)(=O)NCCCCO)c(Cl)c1. The molecule has 0 unspecified atom stereocenters. The van der Waals surface area contributed by atoms with Crippen molar-refractivity contribution in [3.05, 3.63) is 28.8 Å². The van der Waals surface area contributed by atoms with Crippen LogP contribution < -0.4 is 4.72 Å². The number of rotatable bonds is 6. The van der Waals surface area contributed by atoms with Crippen molar-refractivity contribution in [3.8, 4) is 6.07 Å². The number of hydrogen-bond donors (Lipinski definition) is 2. The van der Waals surface area contributed by atoms with Gasteiger partial charge in [-0.25, -0.2) is 13.1 Å². The first-order valence-electron chi connectivity index (χ1n) is 5.31. The number of halogens is 1. The fourth-order valence-corrected chi connectivity index (χ4v) is 2.93. The van der Waals surface area contributed by atoms with E-state index in [9.17, 15) is 8.42 Å². The van der Waals surface area contributed by atoms with Gasteiger partial charge in [0.15, 0.2) is 0 Å². The minimum Gasteiger partial charge on any atom is -0.396 e. The summed E-state index contributed by atoms with van der Waals surface area (Å²) in [5.41, 5.74) is 0.305. The van der Waals surface area contributed by atoms with Gasteiger partial charge in [0.05, 0.1) is 16.7 Å². The normalized spacial score (nSPS) is 11.2. The second-order valence-corrected chi connectivity index (χ2v) is 5.73. The maximum absolute atomic E-state index is 11.9. The smallest absolute Gasteiger partial charge is 0.242 e. The summed E-state index contributed by atoms with van der Waals surface area (Å²) in [5, 5.41) is 17.3. The van der Waals surface area contributed by atoms with Crippen molar-refractivity contribution in [1.29, 1.82) is 5.26 Å². The minimum atomic E-state index is -3.67. The third-order valence-electron chi connectivity index (χ3n) is 2.23. The summed E-state index contributed by atoms with van der Waals surface area (Å²) in [5.74, 6) is 0. The summed E-state index contributed by atoms with van der Waals surface area (Å²) in [4.78, 5) is -0.0489. The maximum Gasteiger partial charge on any atom is 0.242 e. The van der Waals surface area contributed by atoms with Crippen LogP contribution in [0.15, 0.2) is 23.1 Å². The zero-order valence-electron chi connectivity index (χ0n) is 9.56.